The Balaban J connectivity index is 2.93. The average Bonchev–Trinajstić information content (AvgIpc) is 1.81. The minimum atomic E-state index is 0.357. The molecule has 0 rings (SSSR count). The van der Waals surface area contributed by atoms with Crippen molar-refractivity contribution in [2.24, 2.45) is 4.99 Å². The van der Waals surface area contributed by atoms with Crippen molar-refractivity contribution in [3.05, 3.63) is 12.8 Å². The van der Waals surface area contributed by atoms with Gasteiger partial charge >= 0.3 is 0 Å². The van der Waals surface area contributed by atoms with Gasteiger partial charge in [0.15, 0.2) is 0 Å². The predicted octanol–water partition coefficient (Wildman–Crippen LogP) is 0.482. The van der Waals surface area contributed by atoms with Gasteiger partial charge in [-0.15, -0.1) is 0 Å². The lowest BCUT2D eigenvalue weighted by Crippen LogP contribution is -1.89. The van der Waals surface area contributed by atoms with E-state index >= 15 is 0 Å². The highest BCUT2D eigenvalue weighted by atomic mass is 16.5. The molecule has 0 aliphatic rings. The molecule has 44 valence electrons. The number of hydrogen-bond donors (Lipinski definition) is 0. The molecule has 0 spiro atoms. The number of carbonyl (C=O) groups excluding carboxylic acids is 1. The Bertz CT molecular complexity index is 105. The maximum absolute atomic E-state index is 9.39. The molecular weight excluding hydrogens is 106 g/mol. The molecule has 0 bridgehead atoms. The molecule has 0 aliphatic carbocycles. The topological polar surface area (TPSA) is 38.7 Å². The average molecular weight is 113 g/mol. The number of isocyanates is 1. The zero-order chi connectivity index (χ0) is 6.24. The van der Waals surface area contributed by atoms with Crippen molar-refractivity contribution in [1.82, 2.24) is 0 Å². The van der Waals surface area contributed by atoms with E-state index in [-0.39, 0.29) is 0 Å². The SMILES string of the molecule is C=COCCN=C=O. The van der Waals surface area contributed by atoms with Crippen LogP contribution in [0.3, 0.4) is 0 Å². The monoisotopic (exact) mass is 113 g/mol. The van der Waals surface area contributed by atoms with E-state index in [0.29, 0.717) is 13.2 Å². The smallest absolute Gasteiger partial charge is 0.235 e. The summed E-state index contributed by atoms with van der Waals surface area (Å²) in [5.41, 5.74) is 0. The molecule has 0 saturated heterocycles. The summed E-state index contributed by atoms with van der Waals surface area (Å²) in [4.78, 5) is 12.6. The highest BCUT2D eigenvalue weighted by Gasteiger charge is 1.75. The standard InChI is InChI=1S/C5H7NO2/c1-2-8-4-3-6-5-7/h2H,1,3-4H2. The third kappa shape index (κ3) is 4.92. The van der Waals surface area contributed by atoms with Crippen LogP contribution in [0, 0.1) is 0 Å². The maximum Gasteiger partial charge on any atom is 0.235 e. The predicted molar refractivity (Wildman–Crippen MR) is 29.1 cm³/mol. The second kappa shape index (κ2) is 5.92. The lowest BCUT2D eigenvalue weighted by Gasteiger charge is -1.90. The van der Waals surface area contributed by atoms with E-state index in [1.54, 1.807) is 0 Å². The van der Waals surface area contributed by atoms with E-state index in [0.717, 1.165) is 0 Å². The largest absolute Gasteiger partial charge is 0.500 e. The van der Waals surface area contributed by atoms with Crippen molar-refractivity contribution in [3.63, 3.8) is 0 Å². The zero-order valence-corrected chi connectivity index (χ0v) is 4.46. The van der Waals surface area contributed by atoms with Crippen molar-refractivity contribution in [3.8, 4) is 0 Å². The fourth-order valence-electron chi connectivity index (χ4n) is 0.227. The number of hydrogen-bond acceptors (Lipinski definition) is 3. The van der Waals surface area contributed by atoms with Crippen LogP contribution in [0.25, 0.3) is 0 Å². The van der Waals surface area contributed by atoms with Crippen molar-refractivity contribution in [2.75, 3.05) is 13.2 Å². The molecule has 0 fully saturated rings. The van der Waals surface area contributed by atoms with E-state index < -0.39 is 0 Å². The van der Waals surface area contributed by atoms with Gasteiger partial charge in [-0.05, 0) is 0 Å². The molecule has 0 N–H and O–H groups in total. The molecule has 0 aromatic carbocycles. The molecule has 0 unspecified atom stereocenters. The summed E-state index contributed by atoms with van der Waals surface area (Å²) in [6.45, 7) is 4.05. The van der Waals surface area contributed by atoms with Gasteiger partial charge in [-0.25, -0.2) is 9.79 Å². The van der Waals surface area contributed by atoms with Crippen molar-refractivity contribution >= 4 is 6.08 Å². The summed E-state index contributed by atoms with van der Waals surface area (Å²) < 4.78 is 4.63. The molecule has 0 atom stereocenters. The highest BCUT2D eigenvalue weighted by molar-refractivity contribution is 5.32. The maximum atomic E-state index is 9.39. The summed E-state index contributed by atoms with van der Waals surface area (Å²) in [5, 5.41) is 0. The van der Waals surface area contributed by atoms with Gasteiger partial charge < -0.3 is 4.74 Å². The number of ether oxygens (including phenoxy) is 1. The Morgan fingerprint density at radius 3 is 3.12 bits per heavy atom. The van der Waals surface area contributed by atoms with Crippen LogP contribution in [0.2, 0.25) is 0 Å². The third-order valence-corrected chi connectivity index (χ3v) is 0.503. The Kier molecular flexibility index (Phi) is 5.12. The number of rotatable bonds is 4. The van der Waals surface area contributed by atoms with Crippen LogP contribution >= 0.6 is 0 Å². The van der Waals surface area contributed by atoms with Gasteiger partial charge in [0.1, 0.15) is 6.61 Å². The summed E-state index contributed by atoms with van der Waals surface area (Å²) in [7, 11) is 0. The normalized spacial score (nSPS) is 7.00. The molecule has 0 aliphatic heterocycles. The van der Waals surface area contributed by atoms with Gasteiger partial charge in [0.2, 0.25) is 6.08 Å². The van der Waals surface area contributed by atoms with E-state index in [9.17, 15) is 4.79 Å². The third-order valence-electron chi connectivity index (χ3n) is 0.503. The molecular formula is C5H7NO2. The Hall–Kier alpha value is -1.08. The van der Waals surface area contributed by atoms with Crippen LogP contribution in [0.15, 0.2) is 17.8 Å². The summed E-state index contributed by atoms with van der Waals surface area (Å²) in [5.74, 6) is 0. The Labute approximate surface area is 47.7 Å². The van der Waals surface area contributed by atoms with Crippen molar-refractivity contribution < 1.29 is 9.53 Å². The first-order valence-electron chi connectivity index (χ1n) is 2.18. The molecule has 3 nitrogen and oxygen atoms in total. The highest BCUT2D eigenvalue weighted by Crippen LogP contribution is 1.72. The minimum absolute atomic E-state index is 0.357. The van der Waals surface area contributed by atoms with Crippen molar-refractivity contribution in [2.45, 2.75) is 0 Å². The lowest BCUT2D eigenvalue weighted by molar-refractivity contribution is 0.261. The second-order valence-electron chi connectivity index (χ2n) is 1.01. The van der Waals surface area contributed by atoms with Crippen LogP contribution in [-0.4, -0.2) is 19.2 Å². The fourth-order valence-corrected chi connectivity index (χ4v) is 0.227. The Morgan fingerprint density at radius 2 is 2.62 bits per heavy atom. The molecule has 0 aromatic rings. The molecule has 0 amide bonds. The first-order valence-corrected chi connectivity index (χ1v) is 2.18. The first kappa shape index (κ1) is 6.92. The zero-order valence-electron chi connectivity index (χ0n) is 4.46. The van der Waals surface area contributed by atoms with Crippen LogP contribution in [0.4, 0.5) is 0 Å². The van der Waals surface area contributed by atoms with Gasteiger partial charge in [0.25, 0.3) is 0 Å². The number of nitrogens with zero attached hydrogens (tertiary/aromatic N) is 1. The molecule has 0 radical (unpaired) electrons. The molecule has 0 saturated carbocycles. The lowest BCUT2D eigenvalue weighted by atomic mass is 10.7. The van der Waals surface area contributed by atoms with Gasteiger partial charge in [-0.3, -0.25) is 0 Å². The Morgan fingerprint density at radius 1 is 1.88 bits per heavy atom. The van der Waals surface area contributed by atoms with Crippen LogP contribution in [-0.2, 0) is 9.53 Å². The number of aliphatic imine (C=N–C) groups is 1. The molecule has 8 heavy (non-hydrogen) atoms. The van der Waals surface area contributed by atoms with E-state index in [4.69, 9.17) is 0 Å². The van der Waals surface area contributed by atoms with E-state index in [1.807, 2.05) is 0 Å². The minimum Gasteiger partial charge on any atom is -0.500 e. The van der Waals surface area contributed by atoms with E-state index in [1.165, 1.54) is 12.3 Å². The summed E-state index contributed by atoms with van der Waals surface area (Å²) in [6.07, 6.45) is 2.69. The summed E-state index contributed by atoms with van der Waals surface area (Å²) >= 11 is 0. The van der Waals surface area contributed by atoms with Gasteiger partial charge in [0.05, 0.1) is 12.8 Å². The summed E-state index contributed by atoms with van der Waals surface area (Å²) in [6, 6.07) is 0. The van der Waals surface area contributed by atoms with Gasteiger partial charge in [-0.1, -0.05) is 6.58 Å². The quantitative estimate of drug-likeness (QED) is 0.230. The molecule has 0 heterocycles. The van der Waals surface area contributed by atoms with E-state index in [2.05, 4.69) is 16.3 Å². The van der Waals surface area contributed by atoms with Gasteiger partial charge in [-0.2, -0.15) is 0 Å². The van der Waals surface area contributed by atoms with Crippen LogP contribution in [0.5, 0.6) is 0 Å². The molecule has 0 aromatic heterocycles. The van der Waals surface area contributed by atoms with Crippen molar-refractivity contribution in [1.29, 1.82) is 0 Å². The molecule has 3 heteroatoms. The van der Waals surface area contributed by atoms with Gasteiger partial charge in [0, 0.05) is 0 Å². The fraction of sp³-hybridized carbons (Fsp3) is 0.400. The first-order chi connectivity index (χ1) is 3.91. The van der Waals surface area contributed by atoms with Crippen LogP contribution in [0.1, 0.15) is 0 Å². The van der Waals surface area contributed by atoms with Crippen LogP contribution < -0.4 is 0 Å². The second-order valence-corrected chi connectivity index (χ2v) is 1.01.